The number of pyridine rings is 1. The summed E-state index contributed by atoms with van der Waals surface area (Å²) in [4.78, 5) is 23.0. The summed E-state index contributed by atoms with van der Waals surface area (Å²) in [6, 6.07) is 5.96. The van der Waals surface area contributed by atoms with E-state index in [0.717, 1.165) is 59.0 Å². The van der Waals surface area contributed by atoms with Crippen LogP contribution in [0.2, 0.25) is 0 Å². The van der Waals surface area contributed by atoms with E-state index < -0.39 is 11.7 Å². The number of carbonyl (C=O) groups excluding carboxylic acids is 1. The molecule has 36 heavy (non-hydrogen) atoms. The first-order valence-corrected chi connectivity index (χ1v) is 12.8. The average molecular weight is 510 g/mol. The minimum absolute atomic E-state index is 0.276. The highest BCUT2D eigenvalue weighted by atomic mass is 35.5. The molecular formula is C27H32ClN5O3. The number of ether oxygens (including phenoxy) is 2. The number of aromatic nitrogens is 2. The number of hydrogen-bond donors (Lipinski definition) is 1. The van der Waals surface area contributed by atoms with Crippen LogP contribution in [0.1, 0.15) is 63.6 Å². The number of H-pyrrole nitrogens is 1. The third kappa shape index (κ3) is 4.91. The Morgan fingerprint density at radius 2 is 1.92 bits per heavy atom. The summed E-state index contributed by atoms with van der Waals surface area (Å²) < 4.78 is 11.0. The number of azo groups is 1. The molecule has 9 heteroatoms. The third-order valence-electron chi connectivity index (χ3n) is 6.89. The van der Waals surface area contributed by atoms with Crippen LogP contribution in [0.5, 0.6) is 5.88 Å². The van der Waals surface area contributed by atoms with Crippen molar-refractivity contribution in [3.05, 3.63) is 51.3 Å². The number of nitrogens with zero attached hydrogens (tertiary/aromatic N) is 4. The fourth-order valence-corrected chi connectivity index (χ4v) is 5.42. The number of aromatic amines is 1. The molecule has 5 rings (SSSR count). The van der Waals surface area contributed by atoms with Crippen LogP contribution < -0.4 is 20.3 Å². The quantitative estimate of drug-likeness (QED) is 0.621. The first-order valence-electron chi connectivity index (χ1n) is 12.4. The van der Waals surface area contributed by atoms with Crippen molar-refractivity contribution in [2.24, 2.45) is 16.1 Å². The van der Waals surface area contributed by atoms with Gasteiger partial charge in [0.05, 0.1) is 35.7 Å². The zero-order valence-electron chi connectivity index (χ0n) is 21.2. The van der Waals surface area contributed by atoms with Gasteiger partial charge in [-0.15, -0.1) is 0 Å². The number of anilines is 1. The second-order valence-electron chi connectivity index (χ2n) is 10.5. The van der Waals surface area contributed by atoms with Gasteiger partial charge in [-0.1, -0.05) is 17.7 Å². The molecular weight excluding hydrogens is 478 g/mol. The van der Waals surface area contributed by atoms with Gasteiger partial charge >= 0.3 is 6.09 Å². The zero-order valence-corrected chi connectivity index (χ0v) is 21.9. The van der Waals surface area contributed by atoms with E-state index >= 15 is 0 Å². The first-order chi connectivity index (χ1) is 17.2. The van der Waals surface area contributed by atoms with Crippen molar-refractivity contribution in [2.75, 3.05) is 18.6 Å². The van der Waals surface area contributed by atoms with Gasteiger partial charge in [-0.25, -0.2) is 9.78 Å². The van der Waals surface area contributed by atoms with Gasteiger partial charge in [0.2, 0.25) is 5.88 Å². The van der Waals surface area contributed by atoms with Crippen molar-refractivity contribution < 1.29 is 14.3 Å². The molecule has 1 fully saturated rings. The second kappa shape index (κ2) is 9.73. The summed E-state index contributed by atoms with van der Waals surface area (Å²) in [7, 11) is 1.65. The Morgan fingerprint density at radius 1 is 1.17 bits per heavy atom. The number of methoxy groups -OCH3 is 1. The van der Waals surface area contributed by atoms with Crippen molar-refractivity contribution in [3.8, 4) is 5.88 Å². The summed E-state index contributed by atoms with van der Waals surface area (Å²) in [5.74, 6) is 1.33. The lowest BCUT2D eigenvalue weighted by molar-refractivity contribution is 0.0584. The van der Waals surface area contributed by atoms with Crippen molar-refractivity contribution in [1.82, 2.24) is 9.97 Å². The standard InChI is InChI=1S/C27H32ClN5O3/c1-27(2,3)36-26(34)33-13-12-18(28)14-21-25(33)19-15-29-32-23(24(19)31-21)17-10-8-16(9-11-17)20-6-5-7-22(30-20)35-4/h5-7,12,14,16-17,31H,8-11,13,15H2,1-4H3/t16-,17-. The molecule has 0 radical (unpaired) electrons. The molecule has 3 aliphatic rings. The van der Waals surface area contributed by atoms with Crippen LogP contribution in [-0.2, 0) is 11.3 Å². The molecule has 190 valence electrons. The Morgan fingerprint density at radius 3 is 2.64 bits per heavy atom. The minimum Gasteiger partial charge on any atom is -0.481 e. The van der Waals surface area contributed by atoms with Crippen LogP contribution in [0, 0.1) is 5.92 Å². The predicted octanol–water partition coefficient (Wildman–Crippen LogP) is 5.12. The lowest BCUT2D eigenvalue weighted by Gasteiger charge is -2.29. The fraction of sp³-hybridized carbons (Fsp3) is 0.481. The van der Waals surface area contributed by atoms with E-state index in [1.807, 2.05) is 45.1 Å². The second-order valence-corrected chi connectivity index (χ2v) is 10.9. The normalized spacial score (nSPS) is 21.6. The molecule has 1 aliphatic carbocycles. The molecule has 2 aliphatic heterocycles. The summed E-state index contributed by atoms with van der Waals surface area (Å²) in [5, 5.41) is 11.4. The monoisotopic (exact) mass is 509 g/mol. The molecule has 0 aromatic carbocycles. The van der Waals surface area contributed by atoms with E-state index in [9.17, 15) is 4.79 Å². The minimum atomic E-state index is -0.607. The Hall–Kier alpha value is -3.13. The number of carbonyl (C=O) groups is 1. The van der Waals surface area contributed by atoms with Crippen LogP contribution in [0.4, 0.5) is 10.5 Å². The van der Waals surface area contributed by atoms with Crippen LogP contribution in [0.3, 0.4) is 0 Å². The number of fused-ring (bicyclic) bond motifs is 3. The fourth-order valence-electron chi connectivity index (χ4n) is 5.24. The number of amides is 1. The lowest BCUT2D eigenvalue weighted by atomic mass is 9.78. The molecule has 0 atom stereocenters. The number of nitrogens with one attached hydrogen (secondary N) is 1. The van der Waals surface area contributed by atoms with Gasteiger partial charge in [0.25, 0.3) is 0 Å². The van der Waals surface area contributed by atoms with E-state index in [-0.39, 0.29) is 5.92 Å². The molecule has 1 N–H and O–H groups in total. The van der Waals surface area contributed by atoms with E-state index in [0.29, 0.717) is 29.9 Å². The Balaban J connectivity index is 1.47. The lowest BCUT2D eigenvalue weighted by Crippen LogP contribution is -2.39. The van der Waals surface area contributed by atoms with Crippen molar-refractivity contribution in [3.63, 3.8) is 0 Å². The van der Waals surface area contributed by atoms with E-state index in [4.69, 9.17) is 21.1 Å². The van der Waals surface area contributed by atoms with Crippen molar-refractivity contribution >= 4 is 35.2 Å². The van der Waals surface area contributed by atoms with Crippen molar-refractivity contribution in [2.45, 2.75) is 64.5 Å². The number of hydrogen-bond acceptors (Lipinski definition) is 6. The summed E-state index contributed by atoms with van der Waals surface area (Å²) in [6.45, 7) is 6.32. The Bertz CT molecular complexity index is 1350. The van der Waals surface area contributed by atoms with Gasteiger partial charge in [-0.2, -0.15) is 10.2 Å². The molecule has 0 saturated heterocycles. The molecule has 1 amide bonds. The molecule has 0 spiro atoms. The van der Waals surface area contributed by atoms with Crippen molar-refractivity contribution in [1.29, 1.82) is 0 Å². The highest BCUT2D eigenvalue weighted by molar-refractivity contribution is 6.34. The van der Waals surface area contributed by atoms with Gasteiger partial charge in [-0.05, 0) is 64.7 Å². The maximum atomic E-state index is 13.1. The highest BCUT2D eigenvalue weighted by Crippen LogP contribution is 2.40. The molecule has 2 aromatic heterocycles. The summed E-state index contributed by atoms with van der Waals surface area (Å²) in [6.07, 6.45) is 7.28. The smallest absolute Gasteiger partial charge is 0.415 e. The molecule has 4 heterocycles. The first kappa shape index (κ1) is 24.6. The number of allylic oxidation sites excluding steroid dienone is 1. The van der Waals surface area contributed by atoms with E-state index in [2.05, 4.69) is 26.3 Å². The van der Waals surface area contributed by atoms with Gasteiger partial charge < -0.3 is 14.5 Å². The average Bonchev–Trinajstić information content (AvgIpc) is 3.12. The maximum Gasteiger partial charge on any atom is 0.415 e. The molecule has 2 aromatic rings. The molecule has 0 bridgehead atoms. The maximum absolute atomic E-state index is 13.1. The van der Waals surface area contributed by atoms with Gasteiger partial charge in [0.15, 0.2) is 0 Å². The van der Waals surface area contributed by atoms with Crippen LogP contribution in [0.15, 0.2) is 39.5 Å². The Kier molecular flexibility index (Phi) is 6.64. The summed E-state index contributed by atoms with van der Waals surface area (Å²) >= 11 is 6.43. The van der Waals surface area contributed by atoms with Gasteiger partial charge in [-0.3, -0.25) is 4.90 Å². The Labute approximate surface area is 215 Å². The van der Waals surface area contributed by atoms with Gasteiger partial charge in [0.1, 0.15) is 5.60 Å². The predicted molar refractivity (Wildman–Crippen MR) is 139 cm³/mol. The van der Waals surface area contributed by atoms with Crippen LogP contribution in [-0.4, -0.2) is 35.3 Å². The van der Waals surface area contributed by atoms with Crippen LogP contribution >= 0.6 is 11.6 Å². The third-order valence-corrected chi connectivity index (χ3v) is 7.15. The zero-order chi connectivity index (χ0) is 25.4. The molecule has 0 unspecified atom stereocenters. The van der Waals surface area contributed by atoms with E-state index in [1.54, 1.807) is 12.0 Å². The SMILES string of the molecule is COc1cccc([C@H]2CC[C@H](C3=c4[nH]c5c(c4CN=N3)N(C(=O)OC(C)(C)C)CC=C(Cl)C=5)CC2)n1. The highest BCUT2D eigenvalue weighted by Gasteiger charge is 2.32. The molecule has 8 nitrogen and oxygen atoms in total. The number of rotatable bonds is 3. The van der Waals surface area contributed by atoms with Gasteiger partial charge in [0, 0.05) is 40.7 Å². The topological polar surface area (TPSA) is 92.2 Å². The molecule has 1 saturated carbocycles. The van der Waals surface area contributed by atoms with Crippen LogP contribution in [0.25, 0.3) is 11.8 Å². The summed E-state index contributed by atoms with van der Waals surface area (Å²) in [5.41, 5.74) is 3.17. The van der Waals surface area contributed by atoms with E-state index in [1.165, 1.54) is 0 Å². The largest absolute Gasteiger partial charge is 0.481 e. The number of halogens is 1.